The minimum Gasteiger partial charge on any atom is -0.508 e. The smallest absolute Gasteiger partial charge is 0.338 e. The first kappa shape index (κ1) is 11.5. The molecule has 0 amide bonds. The second kappa shape index (κ2) is 3.88. The minimum atomic E-state index is -0.671. The lowest BCUT2D eigenvalue weighted by atomic mass is 10.1. The van der Waals surface area contributed by atoms with Crippen molar-refractivity contribution in [2.24, 2.45) is 0 Å². The first-order valence-electron chi connectivity index (χ1n) is 4.51. The number of phenols is 1. The number of esters is 1. The fraction of sp³-hybridized carbons (Fsp3) is 0.364. The number of ether oxygens (including phenoxy) is 1. The summed E-state index contributed by atoms with van der Waals surface area (Å²) in [6.07, 6.45) is 0. The summed E-state index contributed by atoms with van der Waals surface area (Å²) in [6.45, 7) is 5.14. The van der Waals surface area contributed by atoms with Crippen LogP contribution in [-0.2, 0) is 4.74 Å². The SMILES string of the molecule is CC(C)(C)OC(=O)c1cc(O)cc(F)c1. The van der Waals surface area contributed by atoms with E-state index in [1.165, 1.54) is 0 Å². The van der Waals surface area contributed by atoms with Crippen LogP contribution in [0.3, 0.4) is 0 Å². The number of aromatic hydroxyl groups is 1. The summed E-state index contributed by atoms with van der Waals surface area (Å²) < 4.78 is 17.9. The quantitative estimate of drug-likeness (QED) is 0.727. The number of carbonyl (C=O) groups is 1. The van der Waals surface area contributed by atoms with Gasteiger partial charge in [0, 0.05) is 6.07 Å². The predicted molar refractivity (Wildman–Crippen MR) is 53.2 cm³/mol. The van der Waals surface area contributed by atoms with Crippen LogP contribution in [0.15, 0.2) is 18.2 Å². The van der Waals surface area contributed by atoms with Crippen molar-refractivity contribution in [2.75, 3.05) is 0 Å². The summed E-state index contributed by atoms with van der Waals surface area (Å²) in [5.41, 5.74) is -0.638. The lowest BCUT2D eigenvalue weighted by molar-refractivity contribution is 0.00686. The standard InChI is InChI=1S/C11H13FO3/c1-11(2,3)15-10(14)7-4-8(12)6-9(13)5-7/h4-6,13H,1-3H3. The van der Waals surface area contributed by atoms with E-state index in [1.807, 2.05) is 0 Å². The van der Waals surface area contributed by atoms with Crippen molar-refractivity contribution in [3.63, 3.8) is 0 Å². The highest BCUT2D eigenvalue weighted by Gasteiger charge is 2.18. The molecule has 82 valence electrons. The Morgan fingerprint density at radius 2 is 1.93 bits per heavy atom. The molecular weight excluding hydrogens is 199 g/mol. The lowest BCUT2D eigenvalue weighted by Gasteiger charge is -2.19. The Balaban J connectivity index is 2.92. The number of rotatable bonds is 1. The van der Waals surface area contributed by atoms with Crippen LogP contribution < -0.4 is 0 Å². The van der Waals surface area contributed by atoms with Crippen LogP contribution in [0.4, 0.5) is 4.39 Å². The summed E-state index contributed by atoms with van der Waals surface area (Å²) >= 11 is 0. The average Bonchev–Trinajstić information content (AvgIpc) is 1.98. The van der Waals surface area contributed by atoms with Crippen LogP contribution in [0.1, 0.15) is 31.1 Å². The molecule has 1 aromatic carbocycles. The van der Waals surface area contributed by atoms with E-state index in [0.717, 1.165) is 18.2 Å². The van der Waals surface area contributed by atoms with E-state index in [9.17, 15) is 9.18 Å². The van der Waals surface area contributed by atoms with Crippen molar-refractivity contribution in [1.82, 2.24) is 0 Å². The molecule has 0 fully saturated rings. The molecule has 0 aliphatic carbocycles. The molecule has 0 bridgehead atoms. The topological polar surface area (TPSA) is 46.5 Å². The molecule has 0 atom stereocenters. The molecule has 0 heterocycles. The van der Waals surface area contributed by atoms with Crippen LogP contribution in [0.25, 0.3) is 0 Å². The number of hydrogen-bond donors (Lipinski definition) is 1. The van der Waals surface area contributed by atoms with Gasteiger partial charge in [-0.05, 0) is 32.9 Å². The maximum absolute atomic E-state index is 12.9. The largest absolute Gasteiger partial charge is 0.508 e. The molecule has 0 spiro atoms. The maximum atomic E-state index is 12.9. The van der Waals surface area contributed by atoms with Gasteiger partial charge in [-0.3, -0.25) is 0 Å². The molecule has 0 aliphatic rings. The van der Waals surface area contributed by atoms with Crippen molar-refractivity contribution >= 4 is 5.97 Å². The third-order valence-corrected chi connectivity index (χ3v) is 1.52. The van der Waals surface area contributed by atoms with E-state index < -0.39 is 17.4 Å². The Kier molecular flexibility index (Phi) is 2.98. The highest BCUT2D eigenvalue weighted by molar-refractivity contribution is 5.90. The molecule has 1 aromatic rings. The second-order valence-electron chi connectivity index (χ2n) is 4.20. The van der Waals surface area contributed by atoms with Gasteiger partial charge in [0.15, 0.2) is 0 Å². The Morgan fingerprint density at radius 1 is 1.33 bits per heavy atom. The zero-order chi connectivity index (χ0) is 11.6. The second-order valence-corrected chi connectivity index (χ2v) is 4.20. The number of benzene rings is 1. The highest BCUT2D eigenvalue weighted by atomic mass is 19.1. The Morgan fingerprint density at radius 3 is 2.40 bits per heavy atom. The number of halogens is 1. The van der Waals surface area contributed by atoms with Gasteiger partial charge < -0.3 is 9.84 Å². The highest BCUT2D eigenvalue weighted by Crippen LogP contribution is 2.17. The number of hydrogen-bond acceptors (Lipinski definition) is 3. The summed E-state index contributed by atoms with van der Waals surface area (Å²) in [5.74, 6) is -1.62. The first-order chi connectivity index (χ1) is 6.78. The van der Waals surface area contributed by atoms with Crippen molar-refractivity contribution in [1.29, 1.82) is 0 Å². The zero-order valence-corrected chi connectivity index (χ0v) is 8.87. The predicted octanol–water partition coefficient (Wildman–Crippen LogP) is 2.49. The Hall–Kier alpha value is -1.58. The van der Waals surface area contributed by atoms with Gasteiger partial charge in [0.25, 0.3) is 0 Å². The van der Waals surface area contributed by atoms with Gasteiger partial charge in [-0.25, -0.2) is 9.18 Å². The molecular formula is C11H13FO3. The number of carbonyl (C=O) groups excluding carboxylic acids is 1. The van der Waals surface area contributed by atoms with Crippen LogP contribution in [0.2, 0.25) is 0 Å². The van der Waals surface area contributed by atoms with Crippen molar-refractivity contribution in [3.8, 4) is 5.75 Å². The van der Waals surface area contributed by atoms with E-state index in [4.69, 9.17) is 9.84 Å². The molecule has 1 N–H and O–H groups in total. The van der Waals surface area contributed by atoms with Crippen LogP contribution >= 0.6 is 0 Å². The lowest BCUT2D eigenvalue weighted by Crippen LogP contribution is -2.23. The van der Waals surface area contributed by atoms with E-state index >= 15 is 0 Å². The summed E-state index contributed by atoms with van der Waals surface area (Å²) in [4.78, 5) is 11.5. The van der Waals surface area contributed by atoms with Crippen LogP contribution in [0, 0.1) is 5.82 Å². The summed E-state index contributed by atoms with van der Waals surface area (Å²) in [6, 6.07) is 3.11. The van der Waals surface area contributed by atoms with Gasteiger partial charge >= 0.3 is 5.97 Å². The molecule has 0 unspecified atom stereocenters. The molecule has 1 rings (SSSR count). The van der Waals surface area contributed by atoms with Crippen LogP contribution in [-0.4, -0.2) is 16.7 Å². The molecule has 0 saturated carbocycles. The Labute approximate surface area is 87.5 Å². The zero-order valence-electron chi connectivity index (χ0n) is 8.87. The van der Waals surface area contributed by atoms with Crippen LogP contribution in [0.5, 0.6) is 5.75 Å². The summed E-state index contributed by atoms with van der Waals surface area (Å²) in [7, 11) is 0. The first-order valence-corrected chi connectivity index (χ1v) is 4.51. The van der Waals surface area contributed by atoms with Gasteiger partial charge in [0.1, 0.15) is 17.2 Å². The van der Waals surface area contributed by atoms with Gasteiger partial charge in [-0.15, -0.1) is 0 Å². The van der Waals surface area contributed by atoms with Crippen molar-refractivity contribution < 1.29 is 19.0 Å². The Bertz CT molecular complexity index is 360. The van der Waals surface area contributed by atoms with E-state index in [1.54, 1.807) is 20.8 Å². The minimum absolute atomic E-state index is 0.00225. The van der Waals surface area contributed by atoms with E-state index in [-0.39, 0.29) is 11.3 Å². The molecule has 0 saturated heterocycles. The molecule has 4 heteroatoms. The van der Waals surface area contributed by atoms with Gasteiger partial charge in [0.2, 0.25) is 0 Å². The molecule has 15 heavy (non-hydrogen) atoms. The van der Waals surface area contributed by atoms with Gasteiger partial charge in [-0.2, -0.15) is 0 Å². The fourth-order valence-corrected chi connectivity index (χ4v) is 1.03. The molecule has 0 radical (unpaired) electrons. The fourth-order valence-electron chi connectivity index (χ4n) is 1.03. The molecule has 3 nitrogen and oxygen atoms in total. The third-order valence-electron chi connectivity index (χ3n) is 1.52. The van der Waals surface area contributed by atoms with Gasteiger partial charge in [0.05, 0.1) is 5.56 Å². The van der Waals surface area contributed by atoms with Crippen molar-refractivity contribution in [3.05, 3.63) is 29.6 Å². The normalized spacial score (nSPS) is 11.2. The monoisotopic (exact) mass is 212 g/mol. The average molecular weight is 212 g/mol. The molecule has 0 aliphatic heterocycles. The third kappa shape index (κ3) is 3.58. The summed E-state index contributed by atoms with van der Waals surface area (Å²) in [5, 5.41) is 9.09. The van der Waals surface area contributed by atoms with Crippen molar-refractivity contribution in [2.45, 2.75) is 26.4 Å². The van der Waals surface area contributed by atoms with E-state index in [2.05, 4.69) is 0 Å². The molecule has 0 aromatic heterocycles. The number of phenolic OH excluding ortho intramolecular Hbond substituents is 1. The maximum Gasteiger partial charge on any atom is 0.338 e. The van der Waals surface area contributed by atoms with E-state index in [0.29, 0.717) is 0 Å². The van der Waals surface area contributed by atoms with Gasteiger partial charge in [-0.1, -0.05) is 0 Å².